The lowest BCUT2D eigenvalue weighted by Gasteiger charge is -2.09. The molecule has 2 aromatic heterocycles. The van der Waals surface area contributed by atoms with E-state index in [4.69, 9.17) is 16.3 Å². The van der Waals surface area contributed by atoms with Gasteiger partial charge in [-0.15, -0.1) is 20.4 Å². The Morgan fingerprint density at radius 2 is 2.15 bits per heavy atom. The number of nitrogens with zero attached hydrogens (tertiary/aromatic N) is 5. The van der Waals surface area contributed by atoms with Gasteiger partial charge >= 0.3 is 0 Å². The topological polar surface area (TPSA) is 94.8 Å². The third kappa shape index (κ3) is 4.14. The fraction of sp³-hybridized carbons (Fsp3) is 0.267. The molecule has 26 heavy (non-hydrogen) atoms. The average molecular weight is 411 g/mol. The molecule has 11 heteroatoms. The second-order valence-corrected chi connectivity index (χ2v) is 7.73. The lowest BCUT2D eigenvalue weighted by molar-refractivity contribution is -0.113. The summed E-state index contributed by atoms with van der Waals surface area (Å²) in [5.41, 5.74) is 0.732. The van der Waals surface area contributed by atoms with Crippen LogP contribution in [-0.2, 0) is 11.8 Å². The molecule has 3 rings (SSSR count). The molecule has 0 fully saturated rings. The molecular formula is C15H15ClN6O2S2. The molecule has 1 amide bonds. The Bertz CT molecular complexity index is 942. The van der Waals surface area contributed by atoms with Gasteiger partial charge in [0.25, 0.3) is 0 Å². The van der Waals surface area contributed by atoms with Crippen LogP contribution in [0.3, 0.4) is 0 Å². The largest absolute Gasteiger partial charge is 0.496 e. The summed E-state index contributed by atoms with van der Waals surface area (Å²) in [4.78, 5) is 12.0. The van der Waals surface area contributed by atoms with Crippen molar-refractivity contribution in [2.45, 2.75) is 12.1 Å². The van der Waals surface area contributed by atoms with E-state index < -0.39 is 0 Å². The summed E-state index contributed by atoms with van der Waals surface area (Å²) in [7, 11) is 3.41. The number of thioether (sulfide) groups is 1. The Labute approximate surface area is 162 Å². The first-order chi connectivity index (χ1) is 12.5. The Hall–Kier alpha value is -2.17. The zero-order valence-corrected chi connectivity index (χ0v) is 16.6. The van der Waals surface area contributed by atoms with E-state index in [9.17, 15) is 4.79 Å². The summed E-state index contributed by atoms with van der Waals surface area (Å²) in [5.74, 6) is 1.24. The number of carbonyl (C=O) groups is 1. The van der Waals surface area contributed by atoms with Crippen molar-refractivity contribution in [1.29, 1.82) is 0 Å². The second-order valence-electron chi connectivity index (χ2n) is 5.17. The number of amides is 1. The van der Waals surface area contributed by atoms with Gasteiger partial charge in [0.1, 0.15) is 10.8 Å². The predicted molar refractivity (Wildman–Crippen MR) is 102 cm³/mol. The van der Waals surface area contributed by atoms with E-state index in [1.54, 1.807) is 29.9 Å². The number of hydrogen-bond donors (Lipinski definition) is 1. The molecule has 0 saturated carbocycles. The normalized spacial score (nSPS) is 10.8. The number of aromatic nitrogens is 5. The zero-order valence-electron chi connectivity index (χ0n) is 14.2. The number of nitrogens with one attached hydrogen (secondary N) is 1. The van der Waals surface area contributed by atoms with Gasteiger partial charge in [0, 0.05) is 12.1 Å². The highest BCUT2D eigenvalue weighted by molar-refractivity contribution is 7.99. The zero-order chi connectivity index (χ0) is 18.7. The van der Waals surface area contributed by atoms with E-state index in [0.717, 1.165) is 10.6 Å². The van der Waals surface area contributed by atoms with E-state index in [1.807, 2.05) is 14.0 Å². The Balaban J connectivity index is 1.71. The minimum atomic E-state index is -0.184. The molecule has 0 aliphatic heterocycles. The highest BCUT2D eigenvalue weighted by Crippen LogP contribution is 2.32. The van der Waals surface area contributed by atoms with Gasteiger partial charge in [-0.05, 0) is 25.1 Å². The molecule has 0 bridgehead atoms. The molecule has 136 valence electrons. The molecule has 0 aliphatic rings. The summed E-state index contributed by atoms with van der Waals surface area (Å²) in [6, 6.07) is 5.29. The standard InChI is InChI=1S/C15H15ClN6O2S2/c1-8-18-20-14(26-8)17-12(23)7-25-15-21-19-13(22(15)2)10-6-9(16)4-5-11(10)24-3/h4-6H,7H2,1-3H3,(H,17,20,23). The molecular weight excluding hydrogens is 396 g/mol. The van der Waals surface area contributed by atoms with Gasteiger partial charge in [-0.1, -0.05) is 34.7 Å². The number of rotatable bonds is 6. The first-order valence-corrected chi connectivity index (χ1v) is 9.62. The van der Waals surface area contributed by atoms with E-state index in [-0.39, 0.29) is 11.7 Å². The van der Waals surface area contributed by atoms with E-state index in [0.29, 0.717) is 26.9 Å². The Morgan fingerprint density at radius 1 is 1.35 bits per heavy atom. The van der Waals surface area contributed by atoms with Crippen LogP contribution in [0.4, 0.5) is 5.13 Å². The first kappa shape index (κ1) is 18.6. The van der Waals surface area contributed by atoms with Crippen LogP contribution >= 0.6 is 34.7 Å². The lowest BCUT2D eigenvalue weighted by Crippen LogP contribution is -2.14. The van der Waals surface area contributed by atoms with Crippen molar-refractivity contribution >= 4 is 45.7 Å². The summed E-state index contributed by atoms with van der Waals surface area (Å²) in [6.45, 7) is 1.83. The Morgan fingerprint density at radius 3 is 2.85 bits per heavy atom. The quantitative estimate of drug-likeness (QED) is 0.624. The second kappa shape index (κ2) is 8.02. The maximum Gasteiger partial charge on any atom is 0.236 e. The number of anilines is 1. The Kier molecular flexibility index (Phi) is 5.74. The molecule has 0 saturated heterocycles. The van der Waals surface area contributed by atoms with Crippen LogP contribution in [-0.4, -0.2) is 43.7 Å². The van der Waals surface area contributed by atoms with Gasteiger partial charge in [0.15, 0.2) is 11.0 Å². The highest BCUT2D eigenvalue weighted by atomic mass is 35.5. The molecule has 1 aromatic carbocycles. The van der Waals surface area contributed by atoms with Crippen molar-refractivity contribution in [3.63, 3.8) is 0 Å². The van der Waals surface area contributed by atoms with Gasteiger partial charge in [0.2, 0.25) is 11.0 Å². The molecule has 3 aromatic rings. The van der Waals surface area contributed by atoms with E-state index in [1.165, 1.54) is 23.1 Å². The maximum absolute atomic E-state index is 12.0. The van der Waals surface area contributed by atoms with Crippen LogP contribution in [0.25, 0.3) is 11.4 Å². The highest BCUT2D eigenvalue weighted by Gasteiger charge is 2.17. The number of hydrogen-bond acceptors (Lipinski definition) is 8. The van der Waals surface area contributed by atoms with Gasteiger partial charge in [-0.25, -0.2) is 0 Å². The SMILES string of the molecule is COc1ccc(Cl)cc1-c1nnc(SCC(=O)Nc2nnc(C)s2)n1C. The number of carbonyl (C=O) groups excluding carboxylic acids is 1. The number of aryl methyl sites for hydroxylation is 1. The fourth-order valence-corrected chi connectivity index (χ4v) is 3.65. The van der Waals surface area contributed by atoms with Gasteiger partial charge in [-0.2, -0.15) is 0 Å². The van der Waals surface area contributed by atoms with Gasteiger partial charge in [0.05, 0.1) is 18.4 Å². The van der Waals surface area contributed by atoms with Crippen LogP contribution in [0.1, 0.15) is 5.01 Å². The van der Waals surface area contributed by atoms with Crippen LogP contribution in [0.15, 0.2) is 23.4 Å². The van der Waals surface area contributed by atoms with Crippen molar-refractivity contribution in [3.05, 3.63) is 28.2 Å². The lowest BCUT2D eigenvalue weighted by atomic mass is 10.2. The van der Waals surface area contributed by atoms with E-state index >= 15 is 0 Å². The average Bonchev–Trinajstić information content (AvgIpc) is 3.18. The molecule has 0 radical (unpaired) electrons. The molecule has 2 heterocycles. The molecule has 0 unspecified atom stereocenters. The number of methoxy groups -OCH3 is 1. The molecule has 8 nitrogen and oxygen atoms in total. The van der Waals surface area contributed by atoms with Crippen LogP contribution in [0.5, 0.6) is 5.75 Å². The van der Waals surface area contributed by atoms with Crippen LogP contribution in [0, 0.1) is 6.92 Å². The van der Waals surface area contributed by atoms with Crippen LogP contribution in [0.2, 0.25) is 5.02 Å². The smallest absolute Gasteiger partial charge is 0.236 e. The molecule has 0 spiro atoms. The molecule has 0 aliphatic carbocycles. The van der Waals surface area contributed by atoms with Crippen LogP contribution < -0.4 is 10.1 Å². The van der Waals surface area contributed by atoms with Gasteiger partial charge in [-0.3, -0.25) is 10.1 Å². The van der Waals surface area contributed by atoms with E-state index in [2.05, 4.69) is 25.7 Å². The third-order valence-electron chi connectivity index (χ3n) is 3.34. The van der Waals surface area contributed by atoms with Crippen molar-refractivity contribution in [3.8, 4) is 17.1 Å². The predicted octanol–water partition coefficient (Wildman–Crippen LogP) is 3.03. The van der Waals surface area contributed by atoms with Gasteiger partial charge < -0.3 is 9.30 Å². The first-order valence-electron chi connectivity index (χ1n) is 7.44. The number of benzene rings is 1. The minimum Gasteiger partial charge on any atom is -0.496 e. The minimum absolute atomic E-state index is 0.178. The molecule has 1 N–H and O–H groups in total. The summed E-state index contributed by atoms with van der Waals surface area (Å²) < 4.78 is 7.16. The third-order valence-corrected chi connectivity index (χ3v) is 5.35. The number of halogens is 1. The van der Waals surface area contributed by atoms with Crippen molar-refractivity contribution in [2.75, 3.05) is 18.2 Å². The van der Waals surface area contributed by atoms with Crippen molar-refractivity contribution in [1.82, 2.24) is 25.0 Å². The summed E-state index contributed by atoms with van der Waals surface area (Å²) >= 11 is 8.68. The van der Waals surface area contributed by atoms with Crippen molar-refractivity contribution < 1.29 is 9.53 Å². The molecule has 0 atom stereocenters. The van der Waals surface area contributed by atoms with Crippen molar-refractivity contribution in [2.24, 2.45) is 7.05 Å². The number of ether oxygens (including phenoxy) is 1. The monoisotopic (exact) mass is 410 g/mol. The maximum atomic E-state index is 12.0. The fourth-order valence-electron chi connectivity index (χ4n) is 2.16. The summed E-state index contributed by atoms with van der Waals surface area (Å²) in [6.07, 6.45) is 0. The summed E-state index contributed by atoms with van der Waals surface area (Å²) in [5, 5.41) is 21.2.